The maximum absolute atomic E-state index is 5.48. The van der Waals surface area contributed by atoms with Crippen molar-refractivity contribution in [2.24, 2.45) is 5.92 Å². The molecule has 0 fully saturated rings. The lowest BCUT2D eigenvalue weighted by Gasteiger charge is -2.25. The van der Waals surface area contributed by atoms with Crippen LogP contribution in [0, 0.1) is 5.92 Å². The minimum atomic E-state index is 0.178. The average molecular weight is 337 g/mol. The number of H-pyrrole nitrogens is 1. The second-order valence-corrected chi connectivity index (χ2v) is 6.94. The fourth-order valence-corrected chi connectivity index (χ4v) is 3.27. The Bertz CT molecular complexity index is 792. The van der Waals surface area contributed by atoms with Crippen LogP contribution in [0.2, 0.25) is 0 Å². The van der Waals surface area contributed by atoms with Gasteiger partial charge in [0.05, 0.1) is 24.2 Å². The number of aromatic amines is 1. The molecule has 0 aliphatic carbocycles. The van der Waals surface area contributed by atoms with E-state index in [0.29, 0.717) is 12.0 Å². The lowest BCUT2D eigenvalue weighted by molar-refractivity contribution is 0.352. The van der Waals surface area contributed by atoms with Gasteiger partial charge in [-0.1, -0.05) is 44.2 Å². The van der Waals surface area contributed by atoms with Gasteiger partial charge in [-0.3, -0.25) is 0 Å². The molecular weight excluding hydrogens is 310 g/mol. The highest BCUT2D eigenvalue weighted by Crippen LogP contribution is 2.24. The topological polar surface area (TPSA) is 49.9 Å². The third-order valence-electron chi connectivity index (χ3n) is 4.55. The molecule has 0 aliphatic heterocycles. The highest BCUT2D eigenvalue weighted by atomic mass is 16.5. The fourth-order valence-electron chi connectivity index (χ4n) is 3.27. The molecule has 0 bridgehead atoms. The summed E-state index contributed by atoms with van der Waals surface area (Å²) in [6, 6.07) is 16.9. The van der Waals surface area contributed by atoms with Crippen LogP contribution in [0.5, 0.6) is 5.75 Å². The molecular formula is C21H27N3O. The number of hydrogen-bond donors (Lipinski definition) is 2. The minimum absolute atomic E-state index is 0.178. The van der Waals surface area contributed by atoms with Crippen molar-refractivity contribution in [2.45, 2.75) is 39.3 Å². The molecule has 0 spiro atoms. The van der Waals surface area contributed by atoms with Crippen molar-refractivity contribution in [3.63, 3.8) is 0 Å². The van der Waals surface area contributed by atoms with Crippen molar-refractivity contribution < 1.29 is 4.74 Å². The molecule has 3 aromatic rings. The summed E-state index contributed by atoms with van der Waals surface area (Å²) in [5, 5.41) is 3.74. The van der Waals surface area contributed by atoms with Crippen molar-refractivity contribution in [3.05, 3.63) is 59.9 Å². The van der Waals surface area contributed by atoms with Gasteiger partial charge >= 0.3 is 0 Å². The van der Waals surface area contributed by atoms with E-state index < -0.39 is 0 Å². The highest BCUT2D eigenvalue weighted by Gasteiger charge is 2.22. The van der Waals surface area contributed by atoms with Crippen LogP contribution in [0.1, 0.15) is 38.2 Å². The van der Waals surface area contributed by atoms with Crippen LogP contribution < -0.4 is 10.1 Å². The Morgan fingerprint density at radius 2 is 1.76 bits per heavy atom. The summed E-state index contributed by atoms with van der Waals surface area (Å²) in [6.07, 6.45) is 0.910. The molecule has 2 aromatic carbocycles. The molecule has 4 heteroatoms. The Labute approximate surface area is 149 Å². The minimum Gasteiger partial charge on any atom is -0.496 e. The molecule has 0 saturated heterocycles. The van der Waals surface area contributed by atoms with E-state index in [2.05, 4.69) is 49.3 Å². The number of hydrogen-bond acceptors (Lipinski definition) is 3. The summed E-state index contributed by atoms with van der Waals surface area (Å²) in [7, 11) is 1.72. The Hall–Kier alpha value is -2.33. The van der Waals surface area contributed by atoms with E-state index in [1.807, 2.05) is 30.3 Å². The Balaban J connectivity index is 1.77. The van der Waals surface area contributed by atoms with Gasteiger partial charge in [0.1, 0.15) is 11.6 Å². The SMILES string of the molecule is COc1ccccc1CC(C)NC(c1nc2ccccc2[nH]1)C(C)C. The predicted molar refractivity (Wildman–Crippen MR) is 103 cm³/mol. The van der Waals surface area contributed by atoms with E-state index >= 15 is 0 Å². The lowest BCUT2D eigenvalue weighted by atomic mass is 10.00. The van der Waals surface area contributed by atoms with Gasteiger partial charge in [0.25, 0.3) is 0 Å². The zero-order valence-electron chi connectivity index (χ0n) is 15.4. The standard InChI is InChI=1S/C21H27N3O/c1-14(2)20(21-23-17-10-6-7-11-18(17)24-21)22-15(3)13-16-9-5-8-12-19(16)25-4/h5-12,14-15,20,22H,13H2,1-4H3,(H,23,24). The van der Waals surface area contributed by atoms with E-state index in [-0.39, 0.29) is 6.04 Å². The summed E-state index contributed by atoms with van der Waals surface area (Å²) >= 11 is 0. The zero-order valence-corrected chi connectivity index (χ0v) is 15.4. The Morgan fingerprint density at radius 1 is 1.04 bits per heavy atom. The molecule has 132 valence electrons. The molecule has 0 radical (unpaired) electrons. The van der Waals surface area contributed by atoms with Gasteiger partial charge in [0.15, 0.2) is 0 Å². The van der Waals surface area contributed by atoms with Crippen LogP contribution >= 0.6 is 0 Å². The van der Waals surface area contributed by atoms with Crippen LogP contribution in [0.3, 0.4) is 0 Å². The van der Waals surface area contributed by atoms with Gasteiger partial charge in [-0.2, -0.15) is 0 Å². The maximum Gasteiger partial charge on any atom is 0.124 e. The molecule has 3 rings (SSSR count). The predicted octanol–water partition coefficient (Wildman–Crippen LogP) is 4.49. The fraction of sp³-hybridized carbons (Fsp3) is 0.381. The van der Waals surface area contributed by atoms with E-state index in [0.717, 1.165) is 29.0 Å². The Kier molecular flexibility index (Phi) is 5.39. The number of nitrogens with zero attached hydrogens (tertiary/aromatic N) is 1. The number of imidazole rings is 1. The molecule has 2 unspecified atom stereocenters. The van der Waals surface area contributed by atoms with E-state index in [4.69, 9.17) is 9.72 Å². The maximum atomic E-state index is 5.48. The van der Waals surface area contributed by atoms with Crippen LogP contribution in [-0.2, 0) is 6.42 Å². The Morgan fingerprint density at radius 3 is 2.48 bits per heavy atom. The van der Waals surface area contributed by atoms with Gasteiger partial charge in [-0.05, 0) is 43.0 Å². The molecule has 1 aromatic heterocycles. The first-order valence-corrected chi connectivity index (χ1v) is 8.91. The summed E-state index contributed by atoms with van der Waals surface area (Å²) in [5.41, 5.74) is 3.32. The molecule has 4 nitrogen and oxygen atoms in total. The van der Waals surface area contributed by atoms with E-state index in [9.17, 15) is 0 Å². The van der Waals surface area contributed by atoms with Crippen molar-refractivity contribution in [2.75, 3.05) is 7.11 Å². The molecule has 0 amide bonds. The van der Waals surface area contributed by atoms with Crippen LogP contribution in [-0.4, -0.2) is 23.1 Å². The zero-order chi connectivity index (χ0) is 17.8. The number of nitrogens with one attached hydrogen (secondary N) is 2. The molecule has 2 atom stereocenters. The van der Waals surface area contributed by atoms with Crippen molar-refractivity contribution in [1.82, 2.24) is 15.3 Å². The smallest absolute Gasteiger partial charge is 0.124 e. The number of para-hydroxylation sites is 3. The van der Waals surface area contributed by atoms with Gasteiger partial charge in [-0.15, -0.1) is 0 Å². The first-order valence-electron chi connectivity index (χ1n) is 8.91. The number of ether oxygens (including phenoxy) is 1. The van der Waals surface area contributed by atoms with Crippen LogP contribution in [0.25, 0.3) is 11.0 Å². The number of aromatic nitrogens is 2. The summed E-state index contributed by atoms with van der Waals surface area (Å²) in [5.74, 6) is 2.38. The summed E-state index contributed by atoms with van der Waals surface area (Å²) < 4.78 is 5.48. The summed E-state index contributed by atoms with van der Waals surface area (Å²) in [4.78, 5) is 8.26. The van der Waals surface area contributed by atoms with Gasteiger partial charge < -0.3 is 15.0 Å². The third kappa shape index (κ3) is 4.02. The largest absolute Gasteiger partial charge is 0.496 e. The van der Waals surface area contributed by atoms with Crippen molar-refractivity contribution >= 4 is 11.0 Å². The lowest BCUT2D eigenvalue weighted by Crippen LogP contribution is -2.35. The van der Waals surface area contributed by atoms with Crippen molar-refractivity contribution in [1.29, 1.82) is 0 Å². The third-order valence-corrected chi connectivity index (χ3v) is 4.55. The average Bonchev–Trinajstić information content (AvgIpc) is 3.03. The first-order chi connectivity index (χ1) is 12.1. The number of benzene rings is 2. The number of rotatable bonds is 7. The second kappa shape index (κ2) is 7.70. The normalized spacial score (nSPS) is 14.0. The van der Waals surface area contributed by atoms with Crippen molar-refractivity contribution in [3.8, 4) is 5.75 Å². The molecule has 1 heterocycles. The van der Waals surface area contributed by atoms with Crippen LogP contribution in [0.4, 0.5) is 0 Å². The summed E-state index contributed by atoms with van der Waals surface area (Å²) in [6.45, 7) is 6.66. The molecule has 0 saturated carbocycles. The quantitative estimate of drug-likeness (QED) is 0.668. The monoisotopic (exact) mass is 337 g/mol. The van der Waals surface area contributed by atoms with Gasteiger partial charge in [0.2, 0.25) is 0 Å². The molecule has 2 N–H and O–H groups in total. The first kappa shape index (κ1) is 17.5. The van der Waals surface area contributed by atoms with Crippen LogP contribution in [0.15, 0.2) is 48.5 Å². The highest BCUT2D eigenvalue weighted by molar-refractivity contribution is 5.74. The molecule has 0 aliphatic rings. The number of methoxy groups -OCH3 is 1. The van der Waals surface area contributed by atoms with Gasteiger partial charge in [-0.25, -0.2) is 4.98 Å². The van der Waals surface area contributed by atoms with Gasteiger partial charge in [0, 0.05) is 6.04 Å². The molecule has 25 heavy (non-hydrogen) atoms. The van der Waals surface area contributed by atoms with E-state index in [1.165, 1.54) is 5.56 Å². The number of fused-ring (bicyclic) bond motifs is 1. The second-order valence-electron chi connectivity index (χ2n) is 6.94. The van der Waals surface area contributed by atoms with E-state index in [1.54, 1.807) is 7.11 Å².